The van der Waals surface area contributed by atoms with E-state index < -0.39 is 5.82 Å². The molecule has 0 spiro atoms. The van der Waals surface area contributed by atoms with Crippen LogP contribution < -0.4 is 5.32 Å². The van der Waals surface area contributed by atoms with Crippen LogP contribution in [0.2, 0.25) is 0 Å². The molecule has 79 valence electrons. The van der Waals surface area contributed by atoms with E-state index in [4.69, 9.17) is 0 Å². The smallest absolute Gasteiger partial charge is 0.254 e. The minimum atomic E-state index is -0.490. The number of amides is 1. The number of carbonyl (C=O) groups excluding carboxylic acids is 1. The molecule has 1 aliphatic heterocycles. The Labute approximate surface area is 87.9 Å². The Hall–Kier alpha value is -1.42. The third-order valence-corrected chi connectivity index (χ3v) is 2.39. The van der Waals surface area contributed by atoms with Crippen LogP contribution in [-0.4, -0.2) is 37.0 Å². The first-order valence-electron chi connectivity index (χ1n) is 4.95. The van der Waals surface area contributed by atoms with Crippen molar-refractivity contribution >= 4 is 5.91 Å². The first kappa shape index (κ1) is 10.1. The second-order valence-corrected chi connectivity index (χ2v) is 3.45. The summed E-state index contributed by atoms with van der Waals surface area (Å²) in [4.78, 5) is 13.6. The molecule has 0 bridgehead atoms. The average molecular weight is 207 g/mol. The van der Waals surface area contributed by atoms with E-state index in [-0.39, 0.29) is 5.91 Å². The van der Waals surface area contributed by atoms with Gasteiger partial charge in [0.05, 0.1) is 5.56 Å². The summed E-state index contributed by atoms with van der Waals surface area (Å²) >= 11 is 0. The van der Waals surface area contributed by atoms with Crippen LogP contribution in [0.1, 0.15) is 10.4 Å². The predicted molar refractivity (Wildman–Crippen MR) is 54.0 cm³/mol. The first-order chi connectivity index (χ1) is 7.27. The van der Waals surface area contributed by atoms with Gasteiger partial charge in [-0.3, -0.25) is 4.79 Å². The fourth-order valence-corrected chi connectivity index (χ4v) is 1.60. The van der Waals surface area contributed by atoms with Gasteiger partial charge in [-0.2, -0.15) is 0 Å². The highest BCUT2D eigenvalue weighted by Gasteiger charge is 2.18. The number of hydrogen-bond acceptors (Lipinski definition) is 2. The van der Waals surface area contributed by atoms with Crippen LogP contribution in [-0.2, 0) is 0 Å². The standard InChI is InChI=1S/C11H12FN2O/c12-10-3-1-2-9(8-10)11(15)14-6-4-13-5-7-14/h1-3,13H,4-7H2. The lowest BCUT2D eigenvalue weighted by Gasteiger charge is -2.27. The molecule has 1 fully saturated rings. The van der Waals surface area contributed by atoms with E-state index in [0.29, 0.717) is 18.7 Å². The molecule has 0 unspecified atom stereocenters. The van der Waals surface area contributed by atoms with Gasteiger partial charge in [-0.1, -0.05) is 6.07 Å². The minimum Gasteiger partial charge on any atom is -0.336 e. The van der Waals surface area contributed by atoms with Gasteiger partial charge in [-0.05, 0) is 12.1 Å². The fourth-order valence-electron chi connectivity index (χ4n) is 1.60. The SMILES string of the molecule is O=C(c1[c]c(F)ccc1)N1CCNCC1. The van der Waals surface area contributed by atoms with E-state index in [1.54, 1.807) is 11.0 Å². The number of rotatable bonds is 1. The molecule has 1 saturated heterocycles. The number of hydrogen-bond donors (Lipinski definition) is 1. The molecular formula is C11H12FN2O. The van der Waals surface area contributed by atoms with E-state index in [9.17, 15) is 9.18 Å². The van der Waals surface area contributed by atoms with Crippen molar-refractivity contribution in [2.24, 2.45) is 0 Å². The summed E-state index contributed by atoms with van der Waals surface area (Å²) in [7, 11) is 0. The van der Waals surface area contributed by atoms with Crippen molar-refractivity contribution in [3.05, 3.63) is 35.6 Å². The first-order valence-corrected chi connectivity index (χ1v) is 4.95. The zero-order valence-electron chi connectivity index (χ0n) is 8.29. The molecule has 1 aliphatic rings. The molecule has 0 aromatic heterocycles. The molecule has 1 heterocycles. The molecule has 1 aromatic rings. The van der Waals surface area contributed by atoms with Gasteiger partial charge in [0.15, 0.2) is 0 Å². The Balaban J connectivity index is 2.12. The van der Waals surface area contributed by atoms with Gasteiger partial charge in [0.1, 0.15) is 5.82 Å². The zero-order valence-corrected chi connectivity index (χ0v) is 8.29. The lowest BCUT2D eigenvalue weighted by molar-refractivity contribution is 0.0735. The summed E-state index contributed by atoms with van der Waals surface area (Å²) < 4.78 is 12.9. The minimum absolute atomic E-state index is 0.143. The molecule has 1 aromatic carbocycles. The van der Waals surface area contributed by atoms with Crippen molar-refractivity contribution in [2.75, 3.05) is 26.2 Å². The van der Waals surface area contributed by atoms with Crippen LogP contribution in [0.25, 0.3) is 0 Å². The lowest BCUT2D eigenvalue weighted by Crippen LogP contribution is -2.46. The predicted octanol–water partition coefficient (Wildman–Crippen LogP) is 0.671. The quantitative estimate of drug-likeness (QED) is 0.734. The highest BCUT2D eigenvalue weighted by atomic mass is 19.1. The molecule has 3 nitrogen and oxygen atoms in total. The van der Waals surface area contributed by atoms with Crippen molar-refractivity contribution in [2.45, 2.75) is 0 Å². The van der Waals surface area contributed by atoms with Crippen molar-refractivity contribution in [3.63, 3.8) is 0 Å². The number of piperazine rings is 1. The van der Waals surface area contributed by atoms with Crippen molar-refractivity contribution in [1.82, 2.24) is 10.2 Å². The summed E-state index contributed by atoms with van der Waals surface area (Å²) in [5, 5.41) is 3.15. The largest absolute Gasteiger partial charge is 0.336 e. The molecule has 0 saturated carbocycles. The number of carbonyl (C=O) groups is 1. The maximum absolute atomic E-state index is 12.9. The number of benzene rings is 1. The normalized spacial score (nSPS) is 16.5. The Morgan fingerprint density at radius 3 is 2.80 bits per heavy atom. The number of halogens is 1. The van der Waals surface area contributed by atoms with Crippen molar-refractivity contribution in [1.29, 1.82) is 0 Å². The maximum Gasteiger partial charge on any atom is 0.254 e. The van der Waals surface area contributed by atoms with E-state index in [1.165, 1.54) is 12.1 Å². The number of nitrogens with zero attached hydrogens (tertiary/aromatic N) is 1. The lowest BCUT2D eigenvalue weighted by atomic mass is 10.2. The van der Waals surface area contributed by atoms with E-state index in [1.807, 2.05) is 0 Å². The molecule has 2 rings (SSSR count). The van der Waals surface area contributed by atoms with Crippen LogP contribution in [0.5, 0.6) is 0 Å². The Morgan fingerprint density at radius 1 is 1.40 bits per heavy atom. The van der Waals surface area contributed by atoms with Crippen molar-refractivity contribution < 1.29 is 9.18 Å². The highest BCUT2D eigenvalue weighted by molar-refractivity contribution is 5.94. The van der Waals surface area contributed by atoms with E-state index in [2.05, 4.69) is 11.4 Å². The Morgan fingerprint density at radius 2 is 2.13 bits per heavy atom. The second kappa shape index (κ2) is 4.40. The van der Waals surface area contributed by atoms with Crippen LogP contribution in [0, 0.1) is 11.9 Å². The summed E-state index contributed by atoms with van der Waals surface area (Å²) in [5.74, 6) is -0.632. The van der Waals surface area contributed by atoms with Gasteiger partial charge in [0.2, 0.25) is 0 Å². The molecule has 0 atom stereocenters. The monoisotopic (exact) mass is 207 g/mol. The van der Waals surface area contributed by atoms with Crippen LogP contribution >= 0.6 is 0 Å². The van der Waals surface area contributed by atoms with Gasteiger partial charge >= 0.3 is 0 Å². The maximum atomic E-state index is 12.9. The molecule has 0 aliphatic carbocycles. The molecule has 1 radical (unpaired) electrons. The van der Waals surface area contributed by atoms with Gasteiger partial charge in [0.25, 0.3) is 5.91 Å². The zero-order chi connectivity index (χ0) is 10.7. The molecule has 1 amide bonds. The summed E-state index contributed by atoms with van der Waals surface area (Å²) in [6, 6.07) is 6.83. The third-order valence-electron chi connectivity index (χ3n) is 2.39. The van der Waals surface area contributed by atoms with E-state index >= 15 is 0 Å². The van der Waals surface area contributed by atoms with Gasteiger partial charge in [-0.25, -0.2) is 4.39 Å². The highest BCUT2D eigenvalue weighted by Crippen LogP contribution is 2.07. The Bertz CT molecular complexity index is 361. The Kier molecular flexibility index (Phi) is 2.97. The van der Waals surface area contributed by atoms with Crippen LogP contribution in [0.4, 0.5) is 4.39 Å². The third kappa shape index (κ3) is 2.33. The van der Waals surface area contributed by atoms with Crippen LogP contribution in [0.15, 0.2) is 18.2 Å². The van der Waals surface area contributed by atoms with Crippen molar-refractivity contribution in [3.8, 4) is 0 Å². The number of nitrogens with one attached hydrogen (secondary N) is 1. The van der Waals surface area contributed by atoms with Gasteiger partial charge in [-0.15, -0.1) is 0 Å². The summed E-state index contributed by atoms with van der Waals surface area (Å²) in [6.45, 7) is 2.93. The average Bonchev–Trinajstić information content (AvgIpc) is 2.29. The summed E-state index contributed by atoms with van der Waals surface area (Å²) in [6.07, 6.45) is 0. The summed E-state index contributed by atoms with van der Waals surface area (Å²) in [5.41, 5.74) is 0.303. The molecule has 4 heteroatoms. The molecule has 1 N–H and O–H groups in total. The molecule has 15 heavy (non-hydrogen) atoms. The van der Waals surface area contributed by atoms with Gasteiger partial charge < -0.3 is 10.2 Å². The van der Waals surface area contributed by atoms with Crippen LogP contribution in [0.3, 0.4) is 0 Å². The van der Waals surface area contributed by atoms with E-state index in [0.717, 1.165) is 13.1 Å². The fraction of sp³-hybridized carbons (Fsp3) is 0.364. The topological polar surface area (TPSA) is 32.3 Å². The second-order valence-electron chi connectivity index (χ2n) is 3.45. The van der Waals surface area contributed by atoms with Gasteiger partial charge in [0, 0.05) is 32.2 Å². The molecular weight excluding hydrogens is 195 g/mol.